The van der Waals surface area contributed by atoms with Gasteiger partial charge in [0.15, 0.2) is 0 Å². The molecule has 20 heavy (non-hydrogen) atoms. The van der Waals surface area contributed by atoms with E-state index in [0.29, 0.717) is 13.0 Å². The number of amides is 3. The highest BCUT2D eigenvalue weighted by molar-refractivity contribution is 7.09. The molecule has 2 heterocycles. The first-order valence-electron chi connectivity index (χ1n) is 6.17. The van der Waals surface area contributed by atoms with Crippen LogP contribution in [0, 0.1) is 0 Å². The Balaban J connectivity index is 2.25. The van der Waals surface area contributed by atoms with Crippen LogP contribution < -0.4 is 11.1 Å². The van der Waals surface area contributed by atoms with Crippen molar-refractivity contribution >= 4 is 29.1 Å². The molecule has 2 rings (SSSR count). The highest BCUT2D eigenvalue weighted by Gasteiger charge is 2.44. The van der Waals surface area contributed by atoms with Gasteiger partial charge in [0.2, 0.25) is 5.91 Å². The molecule has 0 spiro atoms. The predicted molar refractivity (Wildman–Crippen MR) is 73.1 cm³/mol. The summed E-state index contributed by atoms with van der Waals surface area (Å²) in [7, 11) is 0. The monoisotopic (exact) mass is 296 g/mol. The smallest absolute Gasteiger partial charge is 0.274 e. The summed E-state index contributed by atoms with van der Waals surface area (Å²) in [5.74, 6) is -1.39. The Kier molecular flexibility index (Phi) is 3.87. The highest BCUT2D eigenvalue weighted by atomic mass is 32.1. The van der Waals surface area contributed by atoms with Crippen LogP contribution in [0.1, 0.15) is 29.3 Å². The minimum absolute atomic E-state index is 0.151. The van der Waals surface area contributed by atoms with Crippen molar-refractivity contribution in [2.45, 2.75) is 25.8 Å². The second-order valence-corrected chi connectivity index (χ2v) is 5.94. The fourth-order valence-corrected chi connectivity index (χ4v) is 2.68. The summed E-state index contributed by atoms with van der Waals surface area (Å²) < 4.78 is 0. The number of imide groups is 1. The number of rotatable bonds is 3. The molecule has 3 N–H and O–H groups in total. The molecule has 0 bridgehead atoms. The number of nitrogens with two attached hydrogens (primary N) is 1. The Hall–Kier alpha value is -1.80. The van der Waals surface area contributed by atoms with Gasteiger partial charge in [0.05, 0.1) is 5.01 Å². The second kappa shape index (κ2) is 5.29. The van der Waals surface area contributed by atoms with E-state index >= 15 is 0 Å². The van der Waals surface area contributed by atoms with Crippen molar-refractivity contribution in [1.29, 1.82) is 0 Å². The van der Waals surface area contributed by atoms with Crippen molar-refractivity contribution in [3.63, 3.8) is 0 Å². The molecule has 1 aromatic heterocycles. The predicted octanol–water partition coefficient (Wildman–Crippen LogP) is -0.478. The molecule has 1 aliphatic rings. The van der Waals surface area contributed by atoms with Gasteiger partial charge in [0.1, 0.15) is 17.8 Å². The summed E-state index contributed by atoms with van der Waals surface area (Å²) >= 11 is 1.34. The number of nitrogens with one attached hydrogen (secondary N) is 1. The van der Waals surface area contributed by atoms with Crippen LogP contribution in [-0.4, -0.2) is 46.2 Å². The van der Waals surface area contributed by atoms with Gasteiger partial charge < -0.3 is 10.6 Å². The van der Waals surface area contributed by atoms with Crippen molar-refractivity contribution < 1.29 is 14.4 Å². The SMILES string of the molecule is CC1(C)C(=O)NC(=O)CN1C(=O)c1csc(CCN)n1. The van der Waals surface area contributed by atoms with E-state index in [1.165, 1.54) is 16.2 Å². The maximum Gasteiger partial charge on any atom is 0.274 e. The maximum atomic E-state index is 12.4. The number of thiazole rings is 1. The van der Waals surface area contributed by atoms with E-state index in [1.807, 2.05) is 0 Å². The number of hydrogen-bond acceptors (Lipinski definition) is 6. The van der Waals surface area contributed by atoms with Crippen LogP contribution in [-0.2, 0) is 16.0 Å². The van der Waals surface area contributed by atoms with Gasteiger partial charge in [-0.15, -0.1) is 11.3 Å². The van der Waals surface area contributed by atoms with E-state index < -0.39 is 23.3 Å². The minimum atomic E-state index is -1.08. The molecule has 0 radical (unpaired) electrons. The summed E-state index contributed by atoms with van der Waals surface area (Å²) in [6, 6.07) is 0. The number of carbonyl (C=O) groups excluding carboxylic acids is 3. The molecule has 0 aromatic carbocycles. The van der Waals surface area contributed by atoms with Gasteiger partial charge in [0.25, 0.3) is 11.8 Å². The molecule has 0 unspecified atom stereocenters. The number of carbonyl (C=O) groups is 3. The van der Waals surface area contributed by atoms with Crippen LogP contribution in [0.15, 0.2) is 5.38 Å². The summed E-state index contributed by atoms with van der Waals surface area (Å²) in [5.41, 5.74) is 4.61. The number of piperazine rings is 1. The van der Waals surface area contributed by atoms with Crippen LogP contribution in [0.4, 0.5) is 0 Å². The van der Waals surface area contributed by atoms with Crippen LogP contribution in [0.5, 0.6) is 0 Å². The molecular formula is C12H16N4O3S. The molecule has 0 saturated carbocycles. The first-order chi connectivity index (χ1) is 9.36. The minimum Gasteiger partial charge on any atom is -0.330 e. The van der Waals surface area contributed by atoms with Gasteiger partial charge in [-0.05, 0) is 20.4 Å². The first-order valence-corrected chi connectivity index (χ1v) is 7.05. The molecule has 1 aliphatic heterocycles. The zero-order chi connectivity index (χ0) is 14.9. The molecule has 0 aliphatic carbocycles. The van der Waals surface area contributed by atoms with E-state index in [2.05, 4.69) is 10.3 Å². The third-order valence-electron chi connectivity index (χ3n) is 3.16. The fraction of sp³-hybridized carbons (Fsp3) is 0.500. The topological polar surface area (TPSA) is 105 Å². The van der Waals surface area contributed by atoms with E-state index in [1.54, 1.807) is 19.2 Å². The van der Waals surface area contributed by atoms with E-state index in [0.717, 1.165) is 5.01 Å². The van der Waals surface area contributed by atoms with Crippen molar-refractivity contribution in [1.82, 2.24) is 15.2 Å². The lowest BCUT2D eigenvalue weighted by Gasteiger charge is -2.39. The van der Waals surface area contributed by atoms with Crippen molar-refractivity contribution in [3.8, 4) is 0 Å². The van der Waals surface area contributed by atoms with Gasteiger partial charge in [-0.3, -0.25) is 19.7 Å². The number of hydrogen-bond donors (Lipinski definition) is 2. The van der Waals surface area contributed by atoms with Crippen molar-refractivity contribution in [2.75, 3.05) is 13.1 Å². The molecule has 0 atom stereocenters. The third-order valence-corrected chi connectivity index (χ3v) is 4.07. The molecule has 3 amide bonds. The van der Waals surface area contributed by atoms with E-state index in [9.17, 15) is 14.4 Å². The number of nitrogens with zero attached hydrogens (tertiary/aromatic N) is 2. The van der Waals surface area contributed by atoms with Crippen LogP contribution in [0.2, 0.25) is 0 Å². The Morgan fingerprint density at radius 2 is 2.25 bits per heavy atom. The van der Waals surface area contributed by atoms with Gasteiger partial charge >= 0.3 is 0 Å². The normalized spacial score (nSPS) is 18.1. The third kappa shape index (κ3) is 2.56. The zero-order valence-electron chi connectivity index (χ0n) is 11.3. The van der Waals surface area contributed by atoms with Crippen LogP contribution >= 0.6 is 11.3 Å². The largest absolute Gasteiger partial charge is 0.330 e. The van der Waals surface area contributed by atoms with Crippen molar-refractivity contribution in [3.05, 3.63) is 16.1 Å². The molecule has 108 valence electrons. The highest BCUT2D eigenvalue weighted by Crippen LogP contribution is 2.22. The zero-order valence-corrected chi connectivity index (χ0v) is 12.1. The fourth-order valence-electron chi connectivity index (χ4n) is 1.89. The number of aromatic nitrogens is 1. The van der Waals surface area contributed by atoms with Gasteiger partial charge in [-0.2, -0.15) is 0 Å². The van der Waals surface area contributed by atoms with Crippen LogP contribution in [0.3, 0.4) is 0 Å². The first kappa shape index (κ1) is 14.6. The Labute approximate surface area is 120 Å². The lowest BCUT2D eigenvalue weighted by molar-refractivity contribution is -0.143. The summed E-state index contributed by atoms with van der Waals surface area (Å²) in [6.45, 7) is 3.50. The molecular weight excluding hydrogens is 280 g/mol. The average Bonchev–Trinajstić information content (AvgIpc) is 2.82. The molecule has 1 saturated heterocycles. The summed E-state index contributed by atoms with van der Waals surface area (Å²) in [4.78, 5) is 41.1. The van der Waals surface area contributed by atoms with E-state index in [-0.39, 0.29) is 12.2 Å². The molecule has 1 aromatic rings. The summed E-state index contributed by atoms with van der Waals surface area (Å²) in [6.07, 6.45) is 0.598. The Morgan fingerprint density at radius 1 is 1.55 bits per heavy atom. The van der Waals surface area contributed by atoms with Crippen LogP contribution in [0.25, 0.3) is 0 Å². The van der Waals surface area contributed by atoms with Gasteiger partial charge in [-0.1, -0.05) is 0 Å². The van der Waals surface area contributed by atoms with Crippen molar-refractivity contribution in [2.24, 2.45) is 5.73 Å². The lowest BCUT2D eigenvalue weighted by atomic mass is 9.98. The molecule has 1 fully saturated rings. The quantitative estimate of drug-likeness (QED) is 0.733. The summed E-state index contributed by atoms with van der Waals surface area (Å²) in [5, 5.41) is 4.62. The van der Waals surface area contributed by atoms with Gasteiger partial charge in [0, 0.05) is 11.8 Å². The Morgan fingerprint density at radius 3 is 2.90 bits per heavy atom. The van der Waals surface area contributed by atoms with E-state index in [4.69, 9.17) is 5.73 Å². The Bertz CT molecular complexity index is 567. The lowest BCUT2D eigenvalue weighted by Crippen LogP contribution is -2.65. The van der Waals surface area contributed by atoms with Gasteiger partial charge in [-0.25, -0.2) is 4.98 Å². The molecule has 8 heteroatoms. The standard InChI is InChI=1S/C12H16N4O3S/c1-12(2)11(19)15-8(17)5-16(12)10(18)7-6-20-9(14-7)3-4-13/h6H,3-5,13H2,1-2H3,(H,15,17,19). The second-order valence-electron chi connectivity index (χ2n) is 4.99. The maximum absolute atomic E-state index is 12.4. The molecule has 7 nitrogen and oxygen atoms in total. The average molecular weight is 296 g/mol.